The van der Waals surface area contributed by atoms with Crippen molar-refractivity contribution in [1.29, 1.82) is 0 Å². The van der Waals surface area contributed by atoms with Crippen molar-refractivity contribution < 1.29 is 19.6 Å². The summed E-state index contributed by atoms with van der Waals surface area (Å²) in [4.78, 5) is 21.6. The Morgan fingerprint density at radius 3 is 2.74 bits per heavy atom. The molecule has 1 amide bonds. The fourth-order valence-electron chi connectivity index (χ4n) is 1.43. The Hall–Kier alpha value is -2.15. The predicted octanol–water partition coefficient (Wildman–Crippen LogP) is 0.990. The Balaban J connectivity index is 2.77. The van der Waals surface area contributed by atoms with E-state index in [0.29, 0.717) is 5.56 Å². The number of nitro benzene ring substituents is 1. The second kappa shape index (κ2) is 6.69. The van der Waals surface area contributed by atoms with Crippen LogP contribution in [-0.2, 0) is 11.4 Å². The van der Waals surface area contributed by atoms with Gasteiger partial charge in [-0.3, -0.25) is 14.9 Å². The number of nitrogens with one attached hydrogen (secondary N) is 1. The first-order chi connectivity index (χ1) is 8.93. The second-order valence-corrected chi connectivity index (χ2v) is 4.23. The molecule has 7 nitrogen and oxygen atoms in total. The van der Waals surface area contributed by atoms with E-state index in [-0.39, 0.29) is 36.6 Å². The molecule has 0 atom stereocenters. The fraction of sp³-hybridized carbons (Fsp3) is 0.417. The molecule has 1 rings (SSSR count). The van der Waals surface area contributed by atoms with Gasteiger partial charge in [0.15, 0.2) is 12.4 Å². The van der Waals surface area contributed by atoms with Crippen LogP contribution in [0, 0.1) is 10.1 Å². The van der Waals surface area contributed by atoms with Crippen LogP contribution < -0.4 is 10.1 Å². The quantitative estimate of drug-likeness (QED) is 0.591. The van der Waals surface area contributed by atoms with E-state index in [1.165, 1.54) is 18.2 Å². The average molecular weight is 268 g/mol. The molecule has 104 valence electrons. The average Bonchev–Trinajstić information content (AvgIpc) is 2.35. The summed E-state index contributed by atoms with van der Waals surface area (Å²) in [5.41, 5.74) is 0.134. The first-order valence-corrected chi connectivity index (χ1v) is 5.74. The van der Waals surface area contributed by atoms with Crippen LogP contribution >= 0.6 is 0 Å². The normalized spacial score (nSPS) is 10.3. The molecule has 0 heterocycles. The maximum atomic E-state index is 11.4. The Morgan fingerprint density at radius 1 is 1.53 bits per heavy atom. The molecule has 1 aromatic rings. The van der Waals surface area contributed by atoms with Crippen molar-refractivity contribution in [3.05, 3.63) is 33.9 Å². The molecule has 0 spiro atoms. The highest BCUT2D eigenvalue weighted by Crippen LogP contribution is 2.27. The minimum absolute atomic E-state index is 0.00102. The molecular weight excluding hydrogens is 252 g/mol. The lowest BCUT2D eigenvalue weighted by Gasteiger charge is -2.10. The number of carbonyl (C=O) groups is 1. The van der Waals surface area contributed by atoms with E-state index in [1.54, 1.807) is 13.8 Å². The largest absolute Gasteiger partial charge is 0.477 e. The van der Waals surface area contributed by atoms with E-state index < -0.39 is 4.92 Å². The topological polar surface area (TPSA) is 102 Å². The number of benzene rings is 1. The van der Waals surface area contributed by atoms with Gasteiger partial charge in [-0.15, -0.1) is 0 Å². The van der Waals surface area contributed by atoms with Gasteiger partial charge >= 0.3 is 5.69 Å². The van der Waals surface area contributed by atoms with Crippen LogP contribution in [0.1, 0.15) is 19.4 Å². The molecule has 1 aromatic carbocycles. The molecule has 0 bridgehead atoms. The molecule has 0 fully saturated rings. The highest BCUT2D eigenvalue weighted by Gasteiger charge is 2.17. The van der Waals surface area contributed by atoms with E-state index in [0.717, 1.165) is 0 Å². The monoisotopic (exact) mass is 268 g/mol. The maximum Gasteiger partial charge on any atom is 0.311 e. The third-order valence-corrected chi connectivity index (χ3v) is 2.21. The third kappa shape index (κ3) is 4.55. The molecule has 2 N–H and O–H groups in total. The molecule has 0 aliphatic rings. The first kappa shape index (κ1) is 14.9. The van der Waals surface area contributed by atoms with Gasteiger partial charge in [0.05, 0.1) is 11.5 Å². The minimum atomic E-state index is -0.616. The molecule has 19 heavy (non-hydrogen) atoms. The van der Waals surface area contributed by atoms with Crippen molar-refractivity contribution in [2.24, 2.45) is 0 Å². The van der Waals surface area contributed by atoms with Crippen molar-refractivity contribution >= 4 is 11.6 Å². The molecule has 0 aliphatic heterocycles. The van der Waals surface area contributed by atoms with E-state index in [1.807, 2.05) is 0 Å². The van der Waals surface area contributed by atoms with Crippen LogP contribution in [0.3, 0.4) is 0 Å². The Bertz CT molecular complexity index is 473. The number of nitrogens with zero attached hydrogens (tertiary/aromatic N) is 1. The lowest BCUT2D eigenvalue weighted by molar-refractivity contribution is -0.385. The van der Waals surface area contributed by atoms with Crippen molar-refractivity contribution in [1.82, 2.24) is 5.32 Å². The smallest absolute Gasteiger partial charge is 0.311 e. The van der Waals surface area contributed by atoms with Gasteiger partial charge in [0, 0.05) is 12.1 Å². The summed E-state index contributed by atoms with van der Waals surface area (Å²) < 4.78 is 5.13. The standard InChI is InChI=1S/C12H16N2O5/c1-8(2)13-12(16)7-19-11-4-3-9(6-15)5-10(11)14(17)18/h3-5,8,15H,6-7H2,1-2H3,(H,13,16). The van der Waals surface area contributed by atoms with Gasteiger partial charge in [0.2, 0.25) is 0 Å². The Morgan fingerprint density at radius 2 is 2.21 bits per heavy atom. The van der Waals surface area contributed by atoms with Gasteiger partial charge in [-0.25, -0.2) is 0 Å². The number of amides is 1. The second-order valence-electron chi connectivity index (χ2n) is 4.23. The van der Waals surface area contributed by atoms with Gasteiger partial charge in [0.25, 0.3) is 5.91 Å². The van der Waals surface area contributed by atoms with Gasteiger partial charge < -0.3 is 15.2 Å². The fourth-order valence-corrected chi connectivity index (χ4v) is 1.43. The highest BCUT2D eigenvalue weighted by molar-refractivity contribution is 5.77. The van der Waals surface area contributed by atoms with Crippen LogP contribution in [0.15, 0.2) is 18.2 Å². The molecular formula is C12H16N2O5. The number of aliphatic hydroxyl groups is 1. The van der Waals surface area contributed by atoms with Crippen LogP contribution in [0.2, 0.25) is 0 Å². The number of aliphatic hydroxyl groups excluding tert-OH is 1. The van der Waals surface area contributed by atoms with Gasteiger partial charge in [-0.2, -0.15) is 0 Å². The number of hydrogen-bond acceptors (Lipinski definition) is 5. The number of carbonyl (C=O) groups excluding carboxylic acids is 1. The van der Waals surface area contributed by atoms with E-state index in [2.05, 4.69) is 5.32 Å². The highest BCUT2D eigenvalue weighted by atomic mass is 16.6. The van der Waals surface area contributed by atoms with Crippen molar-refractivity contribution in [3.8, 4) is 5.75 Å². The number of ether oxygens (including phenoxy) is 1. The summed E-state index contributed by atoms with van der Waals surface area (Å²) >= 11 is 0. The molecule has 7 heteroatoms. The van der Waals surface area contributed by atoms with Crippen LogP contribution in [0.25, 0.3) is 0 Å². The summed E-state index contributed by atoms with van der Waals surface area (Å²) in [6, 6.07) is 4.06. The van der Waals surface area contributed by atoms with Crippen LogP contribution in [0.5, 0.6) is 5.75 Å². The lowest BCUT2D eigenvalue weighted by atomic mass is 10.2. The van der Waals surface area contributed by atoms with E-state index >= 15 is 0 Å². The van der Waals surface area contributed by atoms with Crippen molar-refractivity contribution in [2.75, 3.05) is 6.61 Å². The summed E-state index contributed by atoms with van der Waals surface area (Å²) in [6.45, 7) is 3.01. The van der Waals surface area contributed by atoms with Crippen molar-refractivity contribution in [3.63, 3.8) is 0 Å². The van der Waals surface area contributed by atoms with Crippen LogP contribution in [-0.4, -0.2) is 28.6 Å². The zero-order chi connectivity index (χ0) is 14.4. The summed E-state index contributed by atoms with van der Waals surface area (Å²) in [7, 11) is 0. The molecule has 0 aromatic heterocycles. The Kier molecular flexibility index (Phi) is 5.25. The number of hydrogen-bond donors (Lipinski definition) is 2. The summed E-state index contributed by atoms with van der Waals surface area (Å²) in [6.07, 6.45) is 0. The summed E-state index contributed by atoms with van der Waals surface area (Å²) in [5, 5.41) is 22.4. The first-order valence-electron chi connectivity index (χ1n) is 5.74. The van der Waals surface area contributed by atoms with Gasteiger partial charge in [0.1, 0.15) is 0 Å². The zero-order valence-electron chi connectivity index (χ0n) is 10.8. The molecule has 0 saturated heterocycles. The molecule has 0 saturated carbocycles. The zero-order valence-corrected chi connectivity index (χ0v) is 10.8. The van der Waals surface area contributed by atoms with Crippen molar-refractivity contribution in [2.45, 2.75) is 26.5 Å². The molecule has 0 unspecified atom stereocenters. The minimum Gasteiger partial charge on any atom is -0.477 e. The number of nitro groups is 1. The van der Waals surface area contributed by atoms with E-state index in [4.69, 9.17) is 9.84 Å². The maximum absolute atomic E-state index is 11.4. The summed E-state index contributed by atoms with van der Waals surface area (Å²) in [5.74, 6) is -0.350. The van der Waals surface area contributed by atoms with E-state index in [9.17, 15) is 14.9 Å². The predicted molar refractivity (Wildman–Crippen MR) is 67.8 cm³/mol. The molecule has 0 radical (unpaired) electrons. The number of rotatable bonds is 6. The van der Waals surface area contributed by atoms with Gasteiger partial charge in [-0.1, -0.05) is 6.07 Å². The SMILES string of the molecule is CC(C)NC(=O)COc1ccc(CO)cc1[N+](=O)[O-]. The Labute approximate surface area is 110 Å². The molecule has 0 aliphatic carbocycles. The lowest BCUT2D eigenvalue weighted by Crippen LogP contribution is -2.34. The van der Waals surface area contributed by atoms with Crippen LogP contribution in [0.4, 0.5) is 5.69 Å². The third-order valence-electron chi connectivity index (χ3n) is 2.21. The van der Waals surface area contributed by atoms with Gasteiger partial charge in [-0.05, 0) is 25.5 Å².